The molecule has 0 aliphatic heterocycles. The molecule has 0 aliphatic carbocycles. The van der Waals surface area contributed by atoms with E-state index < -0.39 is 0 Å². The normalized spacial score (nSPS) is 11.7. The summed E-state index contributed by atoms with van der Waals surface area (Å²) in [5.41, 5.74) is 2.51. The van der Waals surface area contributed by atoms with Crippen LogP contribution in [0.2, 0.25) is 0 Å². The van der Waals surface area contributed by atoms with Gasteiger partial charge in [-0.15, -0.1) is 0 Å². The van der Waals surface area contributed by atoms with Crippen LogP contribution in [-0.2, 0) is 6.42 Å². The summed E-state index contributed by atoms with van der Waals surface area (Å²) >= 11 is 0. The predicted octanol–water partition coefficient (Wildman–Crippen LogP) is 2.14. The molecule has 0 fully saturated rings. The number of aryl methyl sites for hydroxylation is 1. The van der Waals surface area contributed by atoms with E-state index in [0.717, 1.165) is 11.2 Å². The number of rotatable bonds is 3. The van der Waals surface area contributed by atoms with Gasteiger partial charge >= 0.3 is 0 Å². The Morgan fingerprint density at radius 2 is 2.08 bits per heavy atom. The molecule has 1 aromatic rings. The van der Waals surface area contributed by atoms with Gasteiger partial charge in [0.05, 0.1) is 0 Å². The van der Waals surface area contributed by atoms with E-state index in [9.17, 15) is 5.21 Å². The zero-order chi connectivity index (χ0) is 9.68. The van der Waals surface area contributed by atoms with E-state index in [-0.39, 0.29) is 0 Å². The van der Waals surface area contributed by atoms with E-state index in [1.54, 1.807) is 13.1 Å². The quantitative estimate of drug-likeness (QED) is 0.300. The van der Waals surface area contributed by atoms with Crippen LogP contribution >= 0.6 is 0 Å². The molecule has 2 nitrogen and oxygen atoms in total. The first-order chi connectivity index (χ1) is 6.24. The molecule has 0 saturated heterocycles. The lowest BCUT2D eigenvalue weighted by atomic mass is 10.1. The van der Waals surface area contributed by atoms with E-state index in [1.165, 1.54) is 11.1 Å². The van der Waals surface area contributed by atoms with Gasteiger partial charge in [-0.25, -0.2) is 4.74 Å². The van der Waals surface area contributed by atoms with Crippen molar-refractivity contribution in [3.8, 4) is 0 Å². The van der Waals surface area contributed by atoms with Crippen LogP contribution in [0.3, 0.4) is 0 Å². The van der Waals surface area contributed by atoms with Gasteiger partial charge in [-0.3, -0.25) is 0 Å². The molecule has 0 unspecified atom stereocenters. The summed E-state index contributed by atoms with van der Waals surface area (Å²) in [5, 5.41) is 11.0. The van der Waals surface area contributed by atoms with Crippen molar-refractivity contribution >= 4 is 6.21 Å². The fourth-order valence-corrected chi connectivity index (χ4v) is 1.25. The third-order valence-electron chi connectivity index (χ3n) is 2.15. The molecule has 1 rings (SSSR count). The summed E-state index contributed by atoms with van der Waals surface area (Å²) < 4.78 is 0.965. The van der Waals surface area contributed by atoms with Crippen molar-refractivity contribution in [2.45, 2.75) is 20.3 Å². The Morgan fingerprint density at radius 1 is 1.38 bits per heavy atom. The van der Waals surface area contributed by atoms with Gasteiger partial charge in [-0.2, -0.15) is 0 Å². The molecular formula is C11H15NO. The van der Waals surface area contributed by atoms with Crippen LogP contribution < -0.4 is 0 Å². The zero-order valence-electron chi connectivity index (χ0n) is 8.16. The van der Waals surface area contributed by atoms with Crippen LogP contribution in [-0.4, -0.2) is 17.5 Å². The lowest BCUT2D eigenvalue weighted by Gasteiger charge is -2.05. The number of hydroxylamine groups is 1. The number of benzene rings is 1. The summed E-state index contributed by atoms with van der Waals surface area (Å²) in [6.45, 7) is 4.37. The maximum Gasteiger partial charge on any atom is 0.157 e. The Hall–Kier alpha value is -1.31. The third kappa shape index (κ3) is 2.90. The zero-order valence-corrected chi connectivity index (χ0v) is 8.16. The largest absolute Gasteiger partial charge is 0.624 e. The van der Waals surface area contributed by atoms with Gasteiger partial charge in [0.1, 0.15) is 6.21 Å². The van der Waals surface area contributed by atoms with Crippen molar-refractivity contribution in [1.29, 1.82) is 0 Å². The van der Waals surface area contributed by atoms with Gasteiger partial charge in [-0.1, -0.05) is 24.3 Å². The highest BCUT2D eigenvalue weighted by molar-refractivity contribution is 5.46. The second-order valence-electron chi connectivity index (χ2n) is 3.08. The van der Waals surface area contributed by atoms with Gasteiger partial charge in [0.25, 0.3) is 0 Å². The number of nitrogens with zero attached hydrogens (tertiary/aromatic N) is 1. The minimum absolute atomic E-state index is 0.543. The Balaban J connectivity index is 2.60. The molecule has 0 radical (unpaired) electrons. The van der Waals surface area contributed by atoms with Crippen LogP contribution in [0.25, 0.3) is 0 Å². The summed E-state index contributed by atoms with van der Waals surface area (Å²) in [4.78, 5) is 0. The second-order valence-corrected chi connectivity index (χ2v) is 3.08. The van der Waals surface area contributed by atoms with Crippen LogP contribution in [0.5, 0.6) is 0 Å². The third-order valence-corrected chi connectivity index (χ3v) is 2.15. The monoisotopic (exact) mass is 177 g/mol. The summed E-state index contributed by atoms with van der Waals surface area (Å²) in [6.07, 6.45) is 2.37. The Morgan fingerprint density at radius 3 is 2.69 bits per heavy atom. The predicted molar refractivity (Wildman–Crippen MR) is 55.1 cm³/mol. The Bertz CT molecular complexity index is 305. The molecule has 0 amide bonds. The highest BCUT2D eigenvalue weighted by Gasteiger charge is 1.98. The fourth-order valence-electron chi connectivity index (χ4n) is 1.25. The summed E-state index contributed by atoms with van der Waals surface area (Å²) in [6, 6.07) is 8.16. The highest BCUT2D eigenvalue weighted by atomic mass is 16.5. The minimum Gasteiger partial charge on any atom is -0.624 e. The van der Waals surface area contributed by atoms with Crippen molar-refractivity contribution in [3.63, 3.8) is 0 Å². The molecule has 0 aliphatic rings. The molecule has 0 saturated carbocycles. The highest BCUT2D eigenvalue weighted by Crippen LogP contribution is 2.07. The topological polar surface area (TPSA) is 26.1 Å². The van der Waals surface area contributed by atoms with Crippen molar-refractivity contribution < 1.29 is 4.74 Å². The Labute approximate surface area is 79.1 Å². The molecule has 0 N–H and O–H groups in total. The van der Waals surface area contributed by atoms with Gasteiger partial charge in [0.15, 0.2) is 6.54 Å². The maximum absolute atomic E-state index is 11.0. The number of hydrogen-bond donors (Lipinski definition) is 0. The fraction of sp³-hybridized carbons (Fsp3) is 0.364. The van der Waals surface area contributed by atoms with Gasteiger partial charge < -0.3 is 5.21 Å². The van der Waals surface area contributed by atoms with Gasteiger partial charge in [0, 0.05) is 13.3 Å². The molecule has 70 valence electrons. The first-order valence-electron chi connectivity index (χ1n) is 4.52. The lowest BCUT2D eigenvalue weighted by Crippen LogP contribution is -2.08. The lowest BCUT2D eigenvalue weighted by molar-refractivity contribution is -0.452. The van der Waals surface area contributed by atoms with Gasteiger partial charge in [-0.05, 0) is 18.1 Å². The van der Waals surface area contributed by atoms with E-state index in [2.05, 4.69) is 19.1 Å². The molecular weight excluding hydrogens is 162 g/mol. The smallest absolute Gasteiger partial charge is 0.157 e. The van der Waals surface area contributed by atoms with Crippen LogP contribution in [0.15, 0.2) is 24.3 Å². The van der Waals surface area contributed by atoms with E-state index >= 15 is 0 Å². The average molecular weight is 177 g/mol. The van der Waals surface area contributed by atoms with Crippen LogP contribution in [0.1, 0.15) is 18.1 Å². The van der Waals surface area contributed by atoms with Crippen molar-refractivity contribution in [2.24, 2.45) is 0 Å². The second kappa shape index (κ2) is 4.65. The molecule has 2 heteroatoms. The van der Waals surface area contributed by atoms with Crippen LogP contribution in [0, 0.1) is 12.1 Å². The van der Waals surface area contributed by atoms with Crippen molar-refractivity contribution in [3.05, 3.63) is 40.6 Å². The first kappa shape index (κ1) is 9.78. The number of hydrogen-bond acceptors (Lipinski definition) is 1. The standard InChI is InChI=1S/C11H15NO/c1-3-12(13)9-8-11-7-5-4-6-10(11)2/h3-7H,8-9H2,1-2H3/b12-3-. The molecule has 0 bridgehead atoms. The summed E-state index contributed by atoms with van der Waals surface area (Å²) in [5.74, 6) is 0. The molecule has 0 aromatic heterocycles. The molecule has 0 spiro atoms. The van der Waals surface area contributed by atoms with Crippen molar-refractivity contribution in [1.82, 2.24) is 0 Å². The van der Waals surface area contributed by atoms with Crippen LogP contribution in [0.4, 0.5) is 0 Å². The SMILES string of the molecule is C/C=[N+](\[O-])CCc1ccccc1C. The van der Waals surface area contributed by atoms with E-state index in [1.807, 2.05) is 12.1 Å². The Kier molecular flexibility index (Phi) is 3.50. The summed E-state index contributed by atoms with van der Waals surface area (Å²) in [7, 11) is 0. The first-order valence-corrected chi connectivity index (χ1v) is 4.52. The van der Waals surface area contributed by atoms with E-state index in [4.69, 9.17) is 0 Å². The molecule has 0 atom stereocenters. The average Bonchev–Trinajstić information content (AvgIpc) is 2.16. The minimum atomic E-state index is 0.543. The molecule has 1 aromatic carbocycles. The molecule has 0 heterocycles. The maximum atomic E-state index is 11.0. The van der Waals surface area contributed by atoms with Crippen molar-refractivity contribution in [2.75, 3.05) is 6.54 Å². The molecule has 13 heavy (non-hydrogen) atoms. The van der Waals surface area contributed by atoms with E-state index in [0.29, 0.717) is 6.54 Å². The van der Waals surface area contributed by atoms with Gasteiger partial charge in [0.2, 0.25) is 0 Å².